The molecule has 0 fully saturated rings. The Balaban J connectivity index is 2.58. The van der Waals surface area contributed by atoms with Crippen LogP contribution in [0.4, 0.5) is 0 Å². The lowest BCUT2D eigenvalue weighted by molar-refractivity contribution is -0.130. The normalized spacial score (nSPS) is 12.4. The second kappa shape index (κ2) is 8.34. The smallest absolute Gasteiger partial charge is 0.236 e. The van der Waals surface area contributed by atoms with Gasteiger partial charge >= 0.3 is 0 Å². The average Bonchev–Trinajstić information content (AvgIpc) is 2.83. The highest BCUT2D eigenvalue weighted by Gasteiger charge is 2.21. The van der Waals surface area contributed by atoms with Gasteiger partial charge in [-0.2, -0.15) is 0 Å². The van der Waals surface area contributed by atoms with Crippen LogP contribution in [-0.2, 0) is 16.0 Å². The van der Waals surface area contributed by atoms with Gasteiger partial charge in [0.2, 0.25) is 5.91 Å². The molecule has 1 heterocycles. The minimum Gasteiger partial charge on any atom is -0.383 e. The van der Waals surface area contributed by atoms with Gasteiger partial charge in [0.25, 0.3) is 0 Å². The summed E-state index contributed by atoms with van der Waals surface area (Å²) >= 11 is 1.70. The average molecular weight is 299 g/mol. The second-order valence-electron chi connectivity index (χ2n) is 4.76. The zero-order chi connectivity index (χ0) is 15.1. The fraction of sp³-hybridized carbons (Fsp3) is 0.714. The number of amides is 1. The molecular weight excluding hydrogens is 274 g/mol. The molecule has 1 unspecified atom stereocenters. The molecule has 0 aliphatic carbocycles. The number of likely N-dealkylation sites (N-methyl/N-ethyl adjacent to an activating group) is 1. The molecule has 0 radical (unpaired) electrons. The number of thiazole rings is 1. The van der Waals surface area contributed by atoms with Crippen molar-refractivity contribution in [1.82, 2.24) is 15.2 Å². The van der Waals surface area contributed by atoms with E-state index < -0.39 is 0 Å². The van der Waals surface area contributed by atoms with E-state index in [1.54, 1.807) is 23.3 Å². The Morgan fingerprint density at radius 2 is 2.25 bits per heavy atom. The van der Waals surface area contributed by atoms with E-state index in [4.69, 9.17) is 4.74 Å². The summed E-state index contributed by atoms with van der Waals surface area (Å²) in [5.74, 6) is 0.0828. The molecule has 6 heteroatoms. The number of rotatable bonds is 8. The standard InChI is InChI=1S/C14H25N3O2S/c1-6-12-16-10(2)14(20-12)11(3)17(4)13(18)9-15-7-8-19-5/h11,15H,6-9H2,1-5H3. The van der Waals surface area contributed by atoms with Crippen LogP contribution in [0.15, 0.2) is 0 Å². The number of hydrogen-bond donors (Lipinski definition) is 1. The minimum absolute atomic E-state index is 0.0597. The summed E-state index contributed by atoms with van der Waals surface area (Å²) in [4.78, 5) is 19.6. The first-order chi connectivity index (χ1) is 9.51. The Bertz CT molecular complexity index is 434. The van der Waals surface area contributed by atoms with Gasteiger partial charge in [0.1, 0.15) is 0 Å². The number of nitrogens with zero attached hydrogens (tertiary/aromatic N) is 2. The van der Waals surface area contributed by atoms with E-state index in [0.29, 0.717) is 19.7 Å². The molecule has 114 valence electrons. The largest absolute Gasteiger partial charge is 0.383 e. The second-order valence-corrected chi connectivity index (χ2v) is 5.88. The third-order valence-electron chi connectivity index (χ3n) is 3.29. The van der Waals surface area contributed by atoms with Gasteiger partial charge in [-0.05, 0) is 20.3 Å². The van der Waals surface area contributed by atoms with Crippen molar-refractivity contribution in [1.29, 1.82) is 0 Å². The molecular formula is C14H25N3O2S. The molecule has 0 aliphatic rings. The summed E-state index contributed by atoms with van der Waals surface area (Å²) in [5, 5.41) is 4.20. The van der Waals surface area contributed by atoms with E-state index in [2.05, 4.69) is 17.2 Å². The Morgan fingerprint density at radius 1 is 1.55 bits per heavy atom. The van der Waals surface area contributed by atoms with Crippen LogP contribution in [0.1, 0.15) is 35.5 Å². The maximum atomic E-state index is 12.1. The van der Waals surface area contributed by atoms with Gasteiger partial charge in [-0.1, -0.05) is 6.92 Å². The van der Waals surface area contributed by atoms with Gasteiger partial charge in [-0.25, -0.2) is 4.98 Å². The zero-order valence-corrected chi connectivity index (χ0v) is 13.8. The van der Waals surface area contributed by atoms with Crippen LogP contribution in [0.3, 0.4) is 0 Å². The molecule has 0 aromatic carbocycles. The van der Waals surface area contributed by atoms with Crippen molar-refractivity contribution in [3.63, 3.8) is 0 Å². The molecule has 0 aliphatic heterocycles. The molecule has 0 saturated carbocycles. The highest BCUT2D eigenvalue weighted by atomic mass is 32.1. The number of aromatic nitrogens is 1. The number of carbonyl (C=O) groups is 1. The minimum atomic E-state index is 0.0597. The SMILES string of the molecule is CCc1nc(C)c(C(C)N(C)C(=O)CNCCOC)s1. The number of methoxy groups -OCH3 is 1. The summed E-state index contributed by atoms with van der Waals surface area (Å²) in [7, 11) is 3.49. The summed E-state index contributed by atoms with van der Waals surface area (Å²) in [6.07, 6.45) is 0.939. The summed E-state index contributed by atoms with van der Waals surface area (Å²) in [6, 6.07) is 0.0597. The van der Waals surface area contributed by atoms with Crippen LogP contribution < -0.4 is 5.32 Å². The Labute approximate surface area is 125 Å². The predicted molar refractivity (Wildman–Crippen MR) is 82.2 cm³/mol. The van der Waals surface area contributed by atoms with Crippen molar-refractivity contribution in [2.24, 2.45) is 0 Å². The van der Waals surface area contributed by atoms with E-state index in [1.165, 1.54) is 4.88 Å². The fourth-order valence-electron chi connectivity index (χ4n) is 1.89. The zero-order valence-electron chi connectivity index (χ0n) is 13.0. The number of carbonyl (C=O) groups excluding carboxylic acids is 1. The van der Waals surface area contributed by atoms with Crippen LogP contribution in [-0.4, -0.2) is 49.6 Å². The predicted octanol–water partition coefficient (Wildman–Crippen LogP) is 1.77. The molecule has 1 rings (SSSR count). The molecule has 1 aromatic rings. The lowest BCUT2D eigenvalue weighted by Crippen LogP contribution is -2.38. The van der Waals surface area contributed by atoms with E-state index in [1.807, 2.05) is 20.9 Å². The van der Waals surface area contributed by atoms with Crippen molar-refractivity contribution in [3.05, 3.63) is 15.6 Å². The molecule has 1 amide bonds. The van der Waals surface area contributed by atoms with E-state index in [9.17, 15) is 4.79 Å². The first-order valence-electron chi connectivity index (χ1n) is 6.92. The van der Waals surface area contributed by atoms with Crippen molar-refractivity contribution in [3.8, 4) is 0 Å². The molecule has 1 aromatic heterocycles. The van der Waals surface area contributed by atoms with Gasteiger partial charge in [0.05, 0.1) is 29.9 Å². The summed E-state index contributed by atoms with van der Waals surface area (Å²) in [5.41, 5.74) is 1.03. The Morgan fingerprint density at radius 3 is 2.80 bits per heavy atom. The monoisotopic (exact) mass is 299 g/mol. The van der Waals surface area contributed by atoms with Crippen LogP contribution in [0.2, 0.25) is 0 Å². The van der Waals surface area contributed by atoms with E-state index in [-0.39, 0.29) is 11.9 Å². The lowest BCUT2D eigenvalue weighted by atomic mass is 10.2. The van der Waals surface area contributed by atoms with E-state index in [0.717, 1.165) is 17.1 Å². The maximum Gasteiger partial charge on any atom is 0.236 e. The molecule has 0 saturated heterocycles. The maximum absolute atomic E-state index is 12.1. The summed E-state index contributed by atoms with van der Waals surface area (Å²) < 4.78 is 4.94. The summed E-state index contributed by atoms with van der Waals surface area (Å²) in [6.45, 7) is 7.79. The number of aryl methyl sites for hydroxylation is 2. The topological polar surface area (TPSA) is 54.5 Å². The first kappa shape index (κ1) is 17.1. The van der Waals surface area contributed by atoms with Crippen molar-refractivity contribution < 1.29 is 9.53 Å². The van der Waals surface area contributed by atoms with Crippen molar-refractivity contribution in [2.75, 3.05) is 33.9 Å². The van der Waals surface area contributed by atoms with Gasteiger partial charge < -0.3 is 15.0 Å². The van der Waals surface area contributed by atoms with Gasteiger partial charge in [0, 0.05) is 25.6 Å². The molecule has 20 heavy (non-hydrogen) atoms. The van der Waals surface area contributed by atoms with Gasteiger partial charge in [-0.3, -0.25) is 4.79 Å². The molecule has 1 atom stereocenters. The third-order valence-corrected chi connectivity index (χ3v) is 4.76. The highest BCUT2D eigenvalue weighted by Crippen LogP contribution is 2.28. The van der Waals surface area contributed by atoms with Crippen LogP contribution in [0.25, 0.3) is 0 Å². The highest BCUT2D eigenvalue weighted by molar-refractivity contribution is 7.11. The molecule has 0 spiro atoms. The Kier molecular flexibility index (Phi) is 7.12. The number of ether oxygens (including phenoxy) is 1. The Hall–Kier alpha value is -0.980. The lowest BCUT2D eigenvalue weighted by Gasteiger charge is -2.24. The van der Waals surface area contributed by atoms with Crippen LogP contribution in [0, 0.1) is 6.92 Å². The number of nitrogens with one attached hydrogen (secondary N) is 1. The van der Waals surface area contributed by atoms with E-state index >= 15 is 0 Å². The van der Waals surface area contributed by atoms with Crippen LogP contribution >= 0.6 is 11.3 Å². The molecule has 0 bridgehead atoms. The van der Waals surface area contributed by atoms with Gasteiger partial charge in [0.15, 0.2) is 0 Å². The molecule has 5 nitrogen and oxygen atoms in total. The molecule has 1 N–H and O–H groups in total. The third kappa shape index (κ3) is 4.54. The van der Waals surface area contributed by atoms with Crippen molar-refractivity contribution in [2.45, 2.75) is 33.2 Å². The fourth-order valence-corrected chi connectivity index (χ4v) is 2.99. The number of hydrogen-bond acceptors (Lipinski definition) is 5. The van der Waals surface area contributed by atoms with Crippen LogP contribution in [0.5, 0.6) is 0 Å². The first-order valence-corrected chi connectivity index (χ1v) is 7.74. The quantitative estimate of drug-likeness (QED) is 0.743. The van der Waals surface area contributed by atoms with Gasteiger partial charge in [-0.15, -0.1) is 11.3 Å². The van der Waals surface area contributed by atoms with Crippen molar-refractivity contribution >= 4 is 17.2 Å².